The van der Waals surface area contributed by atoms with Gasteiger partial charge in [-0.15, -0.1) is 16.9 Å². The van der Waals surface area contributed by atoms with Crippen molar-refractivity contribution < 1.29 is 9.59 Å². The summed E-state index contributed by atoms with van der Waals surface area (Å²) in [7, 11) is 1.82. The molecule has 0 aliphatic carbocycles. The van der Waals surface area contributed by atoms with Crippen LogP contribution in [0, 0.1) is 0 Å². The molecule has 0 atom stereocenters. The molecule has 0 saturated heterocycles. The molecule has 2 aromatic heterocycles. The van der Waals surface area contributed by atoms with Gasteiger partial charge in [-0.25, -0.2) is 4.98 Å². The Kier molecular flexibility index (Phi) is 9.69. The Morgan fingerprint density at radius 3 is 2.72 bits per heavy atom. The molecule has 5 rings (SSSR count). The molecular weight excluding hydrogens is 510 g/mol. The van der Waals surface area contributed by atoms with Gasteiger partial charge in [-0.05, 0) is 59.6 Å². The number of pyridine rings is 1. The Hall–Kier alpha value is -4.18. The van der Waals surface area contributed by atoms with Crippen LogP contribution in [0.5, 0.6) is 0 Å². The highest BCUT2D eigenvalue weighted by Gasteiger charge is 2.18. The topological polar surface area (TPSA) is 121 Å². The van der Waals surface area contributed by atoms with E-state index in [4.69, 9.17) is 5.73 Å². The van der Waals surface area contributed by atoms with Gasteiger partial charge in [-0.2, -0.15) is 0 Å². The van der Waals surface area contributed by atoms with Gasteiger partial charge >= 0.3 is 0 Å². The number of nitrogens with two attached hydrogens (primary N) is 1. The smallest absolute Gasteiger partial charge is 0.288 e. The summed E-state index contributed by atoms with van der Waals surface area (Å²) in [6, 6.07) is 18.3. The lowest BCUT2D eigenvalue weighted by Gasteiger charge is -2.31. The predicted molar refractivity (Wildman–Crippen MR) is 155 cm³/mol. The first kappa shape index (κ1) is 27.8. The molecule has 0 unspecified atom stereocenters. The molecule has 0 bridgehead atoms. The molecule has 1 aliphatic heterocycles. The van der Waals surface area contributed by atoms with Gasteiger partial charge in [-0.1, -0.05) is 37.3 Å². The average molecular weight is 544 g/mol. The maximum absolute atomic E-state index is 11.3. The van der Waals surface area contributed by atoms with E-state index in [0.29, 0.717) is 12.2 Å². The molecule has 0 radical (unpaired) electrons. The van der Waals surface area contributed by atoms with Gasteiger partial charge in [0.05, 0.1) is 5.69 Å². The normalized spacial score (nSPS) is 12.2. The van der Waals surface area contributed by atoms with E-state index in [1.54, 1.807) is 16.7 Å². The number of amides is 2. The van der Waals surface area contributed by atoms with Crippen LogP contribution in [0.15, 0.2) is 71.9 Å². The first-order chi connectivity index (χ1) is 19.0. The number of hydrogen-bond donors (Lipinski definition) is 2. The number of aromatic nitrogens is 4. The van der Waals surface area contributed by atoms with Gasteiger partial charge < -0.3 is 15.5 Å². The monoisotopic (exact) mass is 543 g/mol. The van der Waals surface area contributed by atoms with Crippen molar-refractivity contribution in [3.05, 3.63) is 95.3 Å². The van der Waals surface area contributed by atoms with E-state index >= 15 is 0 Å². The maximum atomic E-state index is 11.3. The Balaban J connectivity index is 0.000000202. The van der Waals surface area contributed by atoms with Crippen molar-refractivity contribution in [2.24, 2.45) is 5.73 Å². The highest BCUT2D eigenvalue weighted by molar-refractivity contribution is 7.99. The fourth-order valence-electron chi connectivity index (χ4n) is 4.25. The van der Waals surface area contributed by atoms with Crippen LogP contribution >= 0.6 is 11.8 Å². The number of primary amides is 1. The summed E-state index contributed by atoms with van der Waals surface area (Å²) >= 11 is 1.81. The SMILES string of the molecule is CCCSc1ccc(N2CCc3ccncc3C2)cc1N(C)C=O.NC(=O)c1n[nH]c(Cc2ccccc2)n1. The number of nitrogens with zero attached hydrogens (tertiary/aromatic N) is 5. The Morgan fingerprint density at radius 1 is 1.18 bits per heavy atom. The van der Waals surface area contributed by atoms with Crippen LogP contribution in [-0.4, -0.2) is 51.8 Å². The second-order valence-corrected chi connectivity index (χ2v) is 10.3. The minimum absolute atomic E-state index is 0.0286. The molecule has 1 aliphatic rings. The third-order valence-corrected chi connectivity index (χ3v) is 7.56. The lowest BCUT2D eigenvalue weighted by molar-refractivity contribution is -0.107. The molecule has 9 nitrogen and oxygen atoms in total. The molecule has 4 aromatic rings. The van der Waals surface area contributed by atoms with Crippen LogP contribution in [0.25, 0.3) is 0 Å². The third-order valence-electron chi connectivity index (χ3n) is 6.29. The molecule has 0 fully saturated rings. The lowest BCUT2D eigenvalue weighted by Crippen LogP contribution is -2.30. The van der Waals surface area contributed by atoms with E-state index in [2.05, 4.69) is 56.3 Å². The van der Waals surface area contributed by atoms with Crippen molar-refractivity contribution in [3.8, 4) is 0 Å². The molecular formula is C29H33N7O2S. The number of fused-ring (bicyclic) bond motifs is 1. The molecule has 202 valence electrons. The summed E-state index contributed by atoms with van der Waals surface area (Å²) in [5.41, 5.74) is 11.0. The van der Waals surface area contributed by atoms with Crippen LogP contribution in [0.1, 0.15) is 46.5 Å². The highest BCUT2D eigenvalue weighted by atomic mass is 32.2. The summed E-state index contributed by atoms with van der Waals surface area (Å²) in [5, 5.41) is 6.37. The number of carbonyl (C=O) groups excluding carboxylic acids is 2. The summed E-state index contributed by atoms with van der Waals surface area (Å²) in [4.78, 5) is 35.4. The molecule has 2 aromatic carbocycles. The number of anilines is 2. The van der Waals surface area contributed by atoms with Crippen molar-refractivity contribution in [1.82, 2.24) is 20.2 Å². The second-order valence-electron chi connectivity index (χ2n) is 9.17. The summed E-state index contributed by atoms with van der Waals surface area (Å²) in [5.74, 6) is 1.10. The van der Waals surface area contributed by atoms with E-state index in [-0.39, 0.29) is 5.82 Å². The Labute approximate surface area is 232 Å². The van der Waals surface area contributed by atoms with Crippen molar-refractivity contribution >= 4 is 35.5 Å². The number of benzene rings is 2. The zero-order chi connectivity index (χ0) is 27.6. The van der Waals surface area contributed by atoms with Gasteiger partial charge in [0.1, 0.15) is 5.82 Å². The molecule has 3 heterocycles. The molecule has 0 saturated carbocycles. The van der Waals surface area contributed by atoms with E-state index in [1.165, 1.54) is 11.1 Å². The first-order valence-electron chi connectivity index (χ1n) is 12.8. The predicted octanol–water partition coefficient (Wildman–Crippen LogP) is 4.23. The molecule has 39 heavy (non-hydrogen) atoms. The lowest BCUT2D eigenvalue weighted by atomic mass is 10.0. The van der Waals surface area contributed by atoms with Gasteiger partial charge in [0.25, 0.3) is 5.91 Å². The molecule has 0 spiro atoms. The maximum Gasteiger partial charge on any atom is 0.288 e. The van der Waals surface area contributed by atoms with Crippen LogP contribution in [0.3, 0.4) is 0 Å². The van der Waals surface area contributed by atoms with Gasteiger partial charge in [0.2, 0.25) is 12.2 Å². The van der Waals surface area contributed by atoms with Gasteiger partial charge in [0, 0.05) is 49.5 Å². The fourth-order valence-corrected chi connectivity index (χ4v) is 5.18. The summed E-state index contributed by atoms with van der Waals surface area (Å²) in [6.45, 7) is 4.03. The highest BCUT2D eigenvalue weighted by Crippen LogP contribution is 2.35. The Bertz CT molecular complexity index is 1390. The standard InChI is InChI=1S/C19H23N3OS.C10H10N4O/c1-3-10-24-19-5-4-17(11-18(19)21(2)14-23)22-9-7-15-6-8-20-12-16(15)13-22;11-9(15)10-12-8(13-14-10)6-7-4-2-1-3-5-7/h4-6,8,11-12,14H,3,7,9-10,13H2,1-2H3;1-5H,6H2,(H2,11,15)(H,12,13,14). The van der Waals surface area contributed by atoms with Crippen molar-refractivity contribution in [3.63, 3.8) is 0 Å². The fraction of sp³-hybridized carbons (Fsp3) is 0.276. The summed E-state index contributed by atoms with van der Waals surface area (Å²) < 4.78 is 0. The van der Waals surface area contributed by atoms with Crippen molar-refractivity contribution in [1.29, 1.82) is 0 Å². The van der Waals surface area contributed by atoms with E-state index in [0.717, 1.165) is 59.9 Å². The quantitative estimate of drug-likeness (QED) is 0.239. The molecule has 2 amide bonds. The number of H-pyrrole nitrogens is 1. The minimum atomic E-state index is -0.620. The number of rotatable bonds is 9. The second kappa shape index (κ2) is 13.6. The number of aromatic amines is 1. The molecule has 3 N–H and O–H groups in total. The van der Waals surface area contributed by atoms with Gasteiger partial charge in [0.15, 0.2) is 0 Å². The zero-order valence-corrected chi connectivity index (χ0v) is 23.0. The van der Waals surface area contributed by atoms with E-state index < -0.39 is 5.91 Å². The van der Waals surface area contributed by atoms with Gasteiger partial charge in [-0.3, -0.25) is 19.7 Å². The van der Waals surface area contributed by atoms with Crippen LogP contribution in [0.4, 0.5) is 11.4 Å². The van der Waals surface area contributed by atoms with Crippen LogP contribution < -0.4 is 15.5 Å². The number of hydrogen-bond acceptors (Lipinski definition) is 7. The average Bonchev–Trinajstić information content (AvgIpc) is 3.45. The number of carbonyl (C=O) groups is 2. The number of nitrogens with one attached hydrogen (secondary N) is 1. The first-order valence-corrected chi connectivity index (χ1v) is 13.8. The van der Waals surface area contributed by atoms with E-state index in [9.17, 15) is 9.59 Å². The van der Waals surface area contributed by atoms with Crippen molar-refractivity contribution in [2.45, 2.75) is 37.6 Å². The number of thioether (sulfide) groups is 1. The van der Waals surface area contributed by atoms with Crippen LogP contribution in [-0.2, 0) is 24.2 Å². The third kappa shape index (κ3) is 7.44. The van der Waals surface area contributed by atoms with Crippen molar-refractivity contribution in [2.75, 3.05) is 29.1 Å². The van der Waals surface area contributed by atoms with E-state index in [1.807, 2.05) is 49.8 Å². The Morgan fingerprint density at radius 2 is 2.00 bits per heavy atom. The minimum Gasteiger partial charge on any atom is -0.367 e. The zero-order valence-electron chi connectivity index (χ0n) is 22.2. The largest absolute Gasteiger partial charge is 0.367 e. The molecule has 10 heteroatoms. The summed E-state index contributed by atoms with van der Waals surface area (Å²) in [6.07, 6.45) is 7.47. The van der Waals surface area contributed by atoms with Crippen LogP contribution in [0.2, 0.25) is 0 Å².